The highest BCUT2D eigenvalue weighted by Gasteiger charge is 2.32. The first kappa shape index (κ1) is 14.7. The molecule has 0 aromatic heterocycles. The highest BCUT2D eigenvalue weighted by molar-refractivity contribution is 5.78. The summed E-state index contributed by atoms with van der Waals surface area (Å²) < 4.78 is 5.29. The molecule has 1 amide bonds. The maximum atomic E-state index is 11.9. The van der Waals surface area contributed by atoms with Crippen LogP contribution in [-0.2, 0) is 4.79 Å². The number of rotatable bonds is 5. The second kappa shape index (κ2) is 6.61. The van der Waals surface area contributed by atoms with Gasteiger partial charge in [-0.25, -0.2) is 0 Å². The van der Waals surface area contributed by atoms with Gasteiger partial charge in [-0.2, -0.15) is 0 Å². The Morgan fingerprint density at radius 1 is 1.25 bits per heavy atom. The van der Waals surface area contributed by atoms with Crippen molar-refractivity contribution in [3.05, 3.63) is 24.3 Å². The molecule has 20 heavy (non-hydrogen) atoms. The average Bonchev–Trinajstić information content (AvgIpc) is 2.47. The zero-order valence-electron chi connectivity index (χ0n) is 11.5. The van der Waals surface area contributed by atoms with Gasteiger partial charge in [0.05, 0.1) is 12.1 Å². The van der Waals surface area contributed by atoms with E-state index in [0.29, 0.717) is 0 Å². The molecular weight excluding hydrogens is 258 g/mol. The number of phenols is 1. The number of nitrogens with one attached hydrogen (secondary N) is 1. The van der Waals surface area contributed by atoms with E-state index in [9.17, 15) is 15.0 Å². The smallest absolute Gasteiger partial charge is 0.258 e. The summed E-state index contributed by atoms with van der Waals surface area (Å²) in [5.74, 6) is 0.0170. The Balaban J connectivity index is 1.87. The fourth-order valence-corrected chi connectivity index (χ4v) is 2.61. The molecule has 0 unspecified atom stereocenters. The number of benzene rings is 1. The van der Waals surface area contributed by atoms with Crippen molar-refractivity contribution >= 4 is 5.91 Å². The number of aliphatic hydroxyl groups excluding tert-OH is 1. The first-order valence-electron chi connectivity index (χ1n) is 6.98. The number of carbonyl (C=O) groups is 1. The van der Waals surface area contributed by atoms with E-state index in [1.54, 1.807) is 18.2 Å². The molecule has 1 fully saturated rings. The predicted octanol–water partition coefficient (Wildman–Crippen LogP) is 1.58. The second-order valence-corrected chi connectivity index (χ2v) is 5.30. The van der Waals surface area contributed by atoms with Gasteiger partial charge in [-0.15, -0.1) is 0 Å². The van der Waals surface area contributed by atoms with Crippen LogP contribution < -0.4 is 10.1 Å². The lowest BCUT2D eigenvalue weighted by Gasteiger charge is -2.36. The molecule has 5 heteroatoms. The molecule has 1 saturated carbocycles. The summed E-state index contributed by atoms with van der Waals surface area (Å²) in [6, 6.07) is 6.52. The zero-order valence-corrected chi connectivity index (χ0v) is 11.5. The molecule has 110 valence electrons. The third-order valence-electron chi connectivity index (χ3n) is 3.74. The van der Waals surface area contributed by atoms with Gasteiger partial charge in [-0.05, 0) is 25.0 Å². The Bertz CT molecular complexity index is 455. The highest BCUT2D eigenvalue weighted by atomic mass is 16.5. The van der Waals surface area contributed by atoms with Crippen LogP contribution in [0.25, 0.3) is 0 Å². The Hall–Kier alpha value is -1.75. The van der Waals surface area contributed by atoms with Gasteiger partial charge >= 0.3 is 0 Å². The number of ether oxygens (including phenoxy) is 1. The van der Waals surface area contributed by atoms with Gasteiger partial charge in [0.1, 0.15) is 0 Å². The normalized spacial score (nSPS) is 17.4. The molecule has 0 radical (unpaired) electrons. The van der Waals surface area contributed by atoms with Crippen molar-refractivity contribution in [3.63, 3.8) is 0 Å². The Morgan fingerprint density at radius 2 is 1.95 bits per heavy atom. The number of amides is 1. The number of hydrogen-bond donors (Lipinski definition) is 3. The number of carbonyl (C=O) groups excluding carboxylic acids is 1. The lowest BCUT2D eigenvalue weighted by molar-refractivity contribution is -0.126. The summed E-state index contributed by atoms with van der Waals surface area (Å²) in [6.07, 6.45) is 4.77. The van der Waals surface area contributed by atoms with Crippen molar-refractivity contribution in [2.45, 2.75) is 37.6 Å². The molecule has 0 saturated heterocycles. The van der Waals surface area contributed by atoms with E-state index in [1.807, 2.05) is 0 Å². The summed E-state index contributed by atoms with van der Waals surface area (Å²) in [5, 5.41) is 21.9. The number of hydrogen-bond acceptors (Lipinski definition) is 4. The van der Waals surface area contributed by atoms with Crippen LogP contribution in [0.1, 0.15) is 32.1 Å². The molecule has 0 bridgehead atoms. The number of phenolic OH excluding ortho intramolecular Hbond substituents is 1. The van der Waals surface area contributed by atoms with Crippen molar-refractivity contribution in [3.8, 4) is 11.5 Å². The largest absolute Gasteiger partial charge is 0.504 e. The molecule has 1 aliphatic rings. The lowest BCUT2D eigenvalue weighted by Crippen LogP contribution is -2.53. The fourth-order valence-electron chi connectivity index (χ4n) is 2.61. The van der Waals surface area contributed by atoms with Gasteiger partial charge in [-0.3, -0.25) is 4.79 Å². The number of para-hydroxylation sites is 2. The molecule has 1 aromatic carbocycles. The minimum absolute atomic E-state index is 0.00911. The Kier molecular flexibility index (Phi) is 4.84. The van der Waals surface area contributed by atoms with E-state index >= 15 is 0 Å². The predicted molar refractivity (Wildman–Crippen MR) is 74.6 cm³/mol. The van der Waals surface area contributed by atoms with Crippen LogP contribution in [-0.4, -0.2) is 34.9 Å². The van der Waals surface area contributed by atoms with Crippen LogP contribution in [0.15, 0.2) is 24.3 Å². The molecule has 3 N–H and O–H groups in total. The van der Waals surface area contributed by atoms with E-state index in [1.165, 1.54) is 6.07 Å². The van der Waals surface area contributed by atoms with E-state index < -0.39 is 5.54 Å². The third-order valence-corrected chi connectivity index (χ3v) is 3.74. The standard InChI is InChI=1S/C15H21NO4/c17-11-15(8-4-1-5-9-15)16-14(19)10-20-13-7-3-2-6-12(13)18/h2-3,6-7,17-18H,1,4-5,8-11H2,(H,16,19). The number of aromatic hydroxyl groups is 1. The molecule has 1 aromatic rings. The average molecular weight is 279 g/mol. The monoisotopic (exact) mass is 279 g/mol. The zero-order chi connectivity index (χ0) is 14.4. The van der Waals surface area contributed by atoms with Crippen LogP contribution in [0.4, 0.5) is 0 Å². The van der Waals surface area contributed by atoms with Crippen molar-refractivity contribution in [1.29, 1.82) is 0 Å². The molecule has 2 rings (SSSR count). The first-order valence-corrected chi connectivity index (χ1v) is 6.98. The van der Waals surface area contributed by atoms with E-state index in [2.05, 4.69) is 5.32 Å². The molecule has 1 aliphatic carbocycles. The maximum Gasteiger partial charge on any atom is 0.258 e. The van der Waals surface area contributed by atoms with Crippen LogP contribution in [0.5, 0.6) is 11.5 Å². The van der Waals surface area contributed by atoms with Crippen LogP contribution in [0, 0.1) is 0 Å². The van der Waals surface area contributed by atoms with E-state index in [0.717, 1.165) is 32.1 Å². The number of aliphatic hydroxyl groups is 1. The van der Waals surface area contributed by atoms with Gasteiger partial charge in [0.15, 0.2) is 18.1 Å². The van der Waals surface area contributed by atoms with Gasteiger partial charge < -0.3 is 20.3 Å². The second-order valence-electron chi connectivity index (χ2n) is 5.30. The van der Waals surface area contributed by atoms with E-state index in [4.69, 9.17) is 4.74 Å². The first-order chi connectivity index (χ1) is 9.65. The summed E-state index contributed by atoms with van der Waals surface area (Å²) in [5.41, 5.74) is -0.503. The van der Waals surface area contributed by atoms with Gasteiger partial charge in [0.2, 0.25) is 0 Å². The van der Waals surface area contributed by atoms with Gasteiger partial charge in [0, 0.05) is 0 Å². The summed E-state index contributed by atoms with van der Waals surface area (Å²) >= 11 is 0. The molecule has 0 atom stereocenters. The molecule has 0 aliphatic heterocycles. The molecule has 0 spiro atoms. The lowest BCUT2D eigenvalue weighted by atomic mass is 9.82. The van der Waals surface area contributed by atoms with Gasteiger partial charge in [-0.1, -0.05) is 31.4 Å². The molecular formula is C15H21NO4. The topological polar surface area (TPSA) is 78.8 Å². The van der Waals surface area contributed by atoms with Crippen LogP contribution >= 0.6 is 0 Å². The summed E-state index contributed by atoms with van der Waals surface area (Å²) in [6.45, 7) is -0.214. The molecule has 5 nitrogen and oxygen atoms in total. The molecule has 0 heterocycles. The fraction of sp³-hybridized carbons (Fsp3) is 0.533. The third kappa shape index (κ3) is 3.63. The minimum atomic E-state index is -0.503. The van der Waals surface area contributed by atoms with Crippen LogP contribution in [0.3, 0.4) is 0 Å². The van der Waals surface area contributed by atoms with E-state index in [-0.39, 0.29) is 30.6 Å². The minimum Gasteiger partial charge on any atom is -0.504 e. The maximum absolute atomic E-state index is 11.9. The van der Waals surface area contributed by atoms with Crippen molar-refractivity contribution in [2.75, 3.05) is 13.2 Å². The quantitative estimate of drug-likeness (QED) is 0.764. The summed E-state index contributed by atoms with van der Waals surface area (Å²) in [7, 11) is 0. The van der Waals surface area contributed by atoms with Crippen molar-refractivity contribution in [1.82, 2.24) is 5.32 Å². The Morgan fingerprint density at radius 3 is 2.60 bits per heavy atom. The van der Waals surface area contributed by atoms with Gasteiger partial charge in [0.25, 0.3) is 5.91 Å². The van der Waals surface area contributed by atoms with Crippen LogP contribution in [0.2, 0.25) is 0 Å². The summed E-state index contributed by atoms with van der Waals surface area (Å²) in [4.78, 5) is 11.9. The van der Waals surface area contributed by atoms with Crippen molar-refractivity contribution in [2.24, 2.45) is 0 Å². The Labute approximate surface area is 118 Å². The van der Waals surface area contributed by atoms with Crippen molar-refractivity contribution < 1.29 is 19.7 Å². The SMILES string of the molecule is O=C(COc1ccccc1O)NC1(CO)CCCCC1. The highest BCUT2D eigenvalue weighted by Crippen LogP contribution is 2.28.